The molecule has 0 N–H and O–H groups in total. The molecule has 3 heteroatoms. The Balaban J connectivity index is 2.25. The average Bonchev–Trinajstić information content (AvgIpc) is 2.17. The van der Waals surface area contributed by atoms with Gasteiger partial charge in [0.1, 0.15) is 12.1 Å². The molecule has 0 spiro atoms. The van der Waals surface area contributed by atoms with Gasteiger partial charge in [-0.15, -0.1) is 0 Å². The van der Waals surface area contributed by atoms with Gasteiger partial charge < -0.3 is 4.74 Å². The molecule has 2 aromatic rings. The number of aryl methyl sites for hydroxylation is 2. The van der Waals surface area contributed by atoms with Crippen LogP contribution in [0.3, 0.4) is 0 Å². The molecular formula is C12H12N2O. The molecule has 3 nitrogen and oxygen atoms in total. The largest absolute Gasteiger partial charge is 0.454 e. The minimum Gasteiger partial charge on any atom is -0.454 e. The number of ether oxygens (including phenoxy) is 1. The van der Waals surface area contributed by atoms with Gasteiger partial charge in [-0.1, -0.05) is 6.07 Å². The second kappa shape index (κ2) is 4.09. The lowest BCUT2D eigenvalue weighted by atomic mass is 10.1. The highest BCUT2D eigenvalue weighted by Crippen LogP contribution is 2.22. The normalized spacial score (nSPS) is 10.0. The van der Waals surface area contributed by atoms with Crippen molar-refractivity contribution in [1.82, 2.24) is 9.97 Å². The van der Waals surface area contributed by atoms with Crippen molar-refractivity contribution in [2.24, 2.45) is 0 Å². The summed E-state index contributed by atoms with van der Waals surface area (Å²) < 4.78 is 5.62. The summed E-state index contributed by atoms with van der Waals surface area (Å²) in [6, 6.07) is 6.08. The lowest BCUT2D eigenvalue weighted by Gasteiger charge is -2.06. The quantitative estimate of drug-likeness (QED) is 0.747. The van der Waals surface area contributed by atoms with Gasteiger partial charge in [-0.3, -0.25) is 0 Å². The van der Waals surface area contributed by atoms with Crippen molar-refractivity contribution < 1.29 is 4.74 Å². The number of hydrogen-bond acceptors (Lipinski definition) is 3. The van der Waals surface area contributed by atoms with E-state index in [1.807, 2.05) is 26.0 Å². The van der Waals surface area contributed by atoms with Crippen molar-refractivity contribution in [3.8, 4) is 11.5 Å². The van der Waals surface area contributed by atoms with Crippen molar-refractivity contribution in [3.63, 3.8) is 0 Å². The Bertz CT molecular complexity index is 434. The van der Waals surface area contributed by atoms with Gasteiger partial charge in [-0.05, 0) is 37.1 Å². The van der Waals surface area contributed by atoms with Crippen molar-refractivity contribution in [3.05, 3.63) is 48.0 Å². The van der Waals surface area contributed by atoms with E-state index in [1.165, 1.54) is 17.5 Å². The van der Waals surface area contributed by atoms with Gasteiger partial charge in [0.15, 0.2) is 5.75 Å². The van der Waals surface area contributed by atoms with Crippen LogP contribution in [0.1, 0.15) is 11.1 Å². The van der Waals surface area contributed by atoms with Gasteiger partial charge in [0.25, 0.3) is 0 Å². The zero-order chi connectivity index (χ0) is 10.7. The van der Waals surface area contributed by atoms with E-state index in [1.54, 1.807) is 12.4 Å². The number of benzene rings is 1. The SMILES string of the molecule is Cc1cc(C)cc(Oc2cncnc2)c1. The van der Waals surface area contributed by atoms with Gasteiger partial charge in [0.05, 0.1) is 12.4 Å². The molecule has 0 fully saturated rings. The summed E-state index contributed by atoms with van der Waals surface area (Å²) in [5.41, 5.74) is 2.36. The van der Waals surface area contributed by atoms with Crippen LogP contribution >= 0.6 is 0 Å². The lowest BCUT2D eigenvalue weighted by Crippen LogP contribution is -1.88. The number of hydrogen-bond donors (Lipinski definition) is 0. The third-order valence-corrected chi connectivity index (χ3v) is 1.97. The van der Waals surface area contributed by atoms with E-state index in [4.69, 9.17) is 4.74 Å². The molecule has 0 radical (unpaired) electrons. The smallest absolute Gasteiger partial charge is 0.163 e. The summed E-state index contributed by atoms with van der Waals surface area (Å²) in [4.78, 5) is 7.78. The third-order valence-electron chi connectivity index (χ3n) is 1.97. The maximum absolute atomic E-state index is 5.62. The fraction of sp³-hybridized carbons (Fsp3) is 0.167. The van der Waals surface area contributed by atoms with Crippen LogP contribution in [0, 0.1) is 13.8 Å². The molecule has 0 aliphatic carbocycles. The van der Waals surface area contributed by atoms with Crippen LogP contribution in [0.25, 0.3) is 0 Å². The number of rotatable bonds is 2. The Morgan fingerprint density at radius 2 is 1.47 bits per heavy atom. The third kappa shape index (κ3) is 2.53. The Morgan fingerprint density at radius 1 is 0.867 bits per heavy atom. The van der Waals surface area contributed by atoms with Crippen LogP contribution < -0.4 is 4.74 Å². The van der Waals surface area contributed by atoms with Crippen molar-refractivity contribution >= 4 is 0 Å². The first-order valence-electron chi connectivity index (χ1n) is 4.75. The molecule has 0 unspecified atom stereocenters. The molecule has 1 heterocycles. The van der Waals surface area contributed by atoms with Crippen LogP contribution in [0.15, 0.2) is 36.9 Å². The van der Waals surface area contributed by atoms with Crippen LogP contribution in [0.2, 0.25) is 0 Å². The molecule has 0 aliphatic rings. The van der Waals surface area contributed by atoms with Crippen molar-refractivity contribution in [1.29, 1.82) is 0 Å². The minimum absolute atomic E-state index is 0.655. The average molecular weight is 200 g/mol. The standard InChI is InChI=1S/C12H12N2O/c1-9-3-10(2)5-11(4-9)15-12-6-13-8-14-7-12/h3-8H,1-2H3. The predicted molar refractivity (Wildman–Crippen MR) is 58.0 cm³/mol. The maximum Gasteiger partial charge on any atom is 0.163 e. The van der Waals surface area contributed by atoms with E-state index in [0.717, 1.165) is 5.75 Å². The highest BCUT2D eigenvalue weighted by Gasteiger charge is 1.98. The van der Waals surface area contributed by atoms with Gasteiger partial charge in [-0.2, -0.15) is 0 Å². The molecule has 0 bridgehead atoms. The van der Waals surface area contributed by atoms with E-state index in [9.17, 15) is 0 Å². The summed E-state index contributed by atoms with van der Waals surface area (Å²) in [6.45, 7) is 4.09. The fourth-order valence-corrected chi connectivity index (χ4v) is 1.47. The van der Waals surface area contributed by atoms with Crippen molar-refractivity contribution in [2.45, 2.75) is 13.8 Å². The van der Waals surface area contributed by atoms with Gasteiger partial charge in [0.2, 0.25) is 0 Å². The van der Waals surface area contributed by atoms with Crippen LogP contribution in [0.5, 0.6) is 11.5 Å². The van der Waals surface area contributed by atoms with E-state index in [0.29, 0.717) is 5.75 Å². The van der Waals surface area contributed by atoms with Gasteiger partial charge in [0, 0.05) is 0 Å². The molecule has 0 saturated carbocycles. The van der Waals surface area contributed by atoms with E-state index >= 15 is 0 Å². The number of nitrogens with zero attached hydrogens (tertiary/aromatic N) is 2. The zero-order valence-electron chi connectivity index (χ0n) is 8.77. The maximum atomic E-state index is 5.62. The minimum atomic E-state index is 0.655. The summed E-state index contributed by atoms with van der Waals surface area (Å²) in [5, 5.41) is 0. The second-order valence-corrected chi connectivity index (χ2v) is 3.50. The highest BCUT2D eigenvalue weighted by molar-refractivity contribution is 5.35. The first-order chi connectivity index (χ1) is 7.24. The van der Waals surface area contributed by atoms with E-state index in [-0.39, 0.29) is 0 Å². The Hall–Kier alpha value is -1.90. The summed E-state index contributed by atoms with van der Waals surface area (Å²) >= 11 is 0. The highest BCUT2D eigenvalue weighted by atomic mass is 16.5. The van der Waals surface area contributed by atoms with E-state index < -0.39 is 0 Å². The van der Waals surface area contributed by atoms with Gasteiger partial charge in [-0.25, -0.2) is 9.97 Å². The Labute approximate surface area is 88.8 Å². The first kappa shape index (κ1) is 9.65. The zero-order valence-corrected chi connectivity index (χ0v) is 8.77. The topological polar surface area (TPSA) is 35.0 Å². The first-order valence-corrected chi connectivity index (χ1v) is 4.75. The Kier molecular flexibility index (Phi) is 2.63. The molecular weight excluding hydrogens is 188 g/mol. The molecule has 0 amide bonds. The summed E-state index contributed by atoms with van der Waals surface area (Å²) in [5.74, 6) is 1.48. The van der Waals surface area contributed by atoms with Gasteiger partial charge >= 0.3 is 0 Å². The molecule has 1 aromatic heterocycles. The predicted octanol–water partition coefficient (Wildman–Crippen LogP) is 2.89. The van der Waals surface area contributed by atoms with Crippen LogP contribution in [-0.4, -0.2) is 9.97 Å². The number of aromatic nitrogens is 2. The van der Waals surface area contributed by atoms with E-state index in [2.05, 4.69) is 16.0 Å². The molecule has 15 heavy (non-hydrogen) atoms. The summed E-state index contributed by atoms with van der Waals surface area (Å²) in [6.07, 6.45) is 4.77. The Morgan fingerprint density at radius 3 is 2.07 bits per heavy atom. The fourth-order valence-electron chi connectivity index (χ4n) is 1.47. The summed E-state index contributed by atoms with van der Waals surface area (Å²) in [7, 11) is 0. The molecule has 0 atom stereocenters. The molecule has 1 aromatic carbocycles. The molecule has 76 valence electrons. The molecule has 2 rings (SSSR count). The molecule has 0 aliphatic heterocycles. The molecule has 0 saturated heterocycles. The second-order valence-electron chi connectivity index (χ2n) is 3.50. The van der Waals surface area contributed by atoms with Crippen LogP contribution in [-0.2, 0) is 0 Å². The monoisotopic (exact) mass is 200 g/mol. The van der Waals surface area contributed by atoms with Crippen LogP contribution in [0.4, 0.5) is 0 Å². The van der Waals surface area contributed by atoms with Crippen molar-refractivity contribution in [2.75, 3.05) is 0 Å². The lowest BCUT2D eigenvalue weighted by molar-refractivity contribution is 0.476.